The van der Waals surface area contributed by atoms with Gasteiger partial charge in [0.25, 0.3) is 0 Å². The van der Waals surface area contributed by atoms with Crippen LogP contribution in [0.15, 0.2) is 0 Å². The summed E-state index contributed by atoms with van der Waals surface area (Å²) in [4.78, 5) is 0. The number of nitrogens with two attached hydrogens (primary N) is 1. The summed E-state index contributed by atoms with van der Waals surface area (Å²) in [5.41, 5.74) is 6.07. The molecule has 0 bridgehead atoms. The minimum Gasteiger partial charge on any atom is -0.396 e. The van der Waals surface area contributed by atoms with Gasteiger partial charge in [-0.3, -0.25) is 0 Å². The average molecular weight is 113 g/mol. The number of aliphatic hydroxyl groups is 1. The van der Waals surface area contributed by atoms with Crippen molar-refractivity contribution in [2.24, 2.45) is 17.1 Å². The van der Waals surface area contributed by atoms with Crippen molar-refractivity contribution in [3.63, 3.8) is 0 Å². The Balaban J connectivity index is 1.97. The minimum atomic E-state index is 0.355. The van der Waals surface area contributed by atoms with Crippen LogP contribution in [-0.2, 0) is 0 Å². The summed E-state index contributed by atoms with van der Waals surface area (Å²) in [6.45, 7) is 0.355. The van der Waals surface area contributed by atoms with Crippen molar-refractivity contribution in [1.29, 1.82) is 0 Å². The third-order valence-electron chi connectivity index (χ3n) is 2.68. The molecule has 0 heterocycles. The molecule has 2 rings (SSSR count). The molecule has 2 aliphatic rings. The summed E-state index contributed by atoms with van der Waals surface area (Å²) in [6.07, 6.45) is 2.35. The van der Waals surface area contributed by atoms with Gasteiger partial charge in [-0.2, -0.15) is 0 Å². The molecule has 46 valence electrons. The zero-order chi connectivity index (χ0) is 5.78. The molecule has 3 atom stereocenters. The Hall–Kier alpha value is -0.0800. The van der Waals surface area contributed by atoms with Gasteiger partial charge in [0, 0.05) is 12.6 Å². The van der Waals surface area contributed by atoms with Gasteiger partial charge in [0.2, 0.25) is 0 Å². The smallest absolute Gasteiger partial charge is 0.0465 e. The molecule has 3 N–H and O–H groups in total. The van der Waals surface area contributed by atoms with E-state index in [0.717, 1.165) is 6.42 Å². The SMILES string of the molecule is N[C@H]1C[C@]12C[C@@H]2CO. The Kier molecular flexibility index (Phi) is 0.649. The lowest BCUT2D eigenvalue weighted by atomic mass is 10.3. The lowest BCUT2D eigenvalue weighted by Gasteiger charge is -1.85. The first-order chi connectivity index (χ1) is 3.79. The number of aliphatic hydroxyl groups excluding tert-OH is 1. The van der Waals surface area contributed by atoms with Gasteiger partial charge in [0.15, 0.2) is 0 Å². The Morgan fingerprint density at radius 1 is 1.62 bits per heavy atom. The highest BCUT2D eigenvalue weighted by Gasteiger charge is 2.68. The molecule has 1 spiro atoms. The molecule has 0 unspecified atom stereocenters. The standard InChI is InChI=1S/C6H11NO/c7-5-2-6(5)1-4(6)3-8/h4-5,8H,1-3,7H2/t4-,5+,6+/m1/s1. The van der Waals surface area contributed by atoms with Gasteiger partial charge < -0.3 is 10.8 Å². The van der Waals surface area contributed by atoms with Crippen LogP contribution in [0.2, 0.25) is 0 Å². The second-order valence-electron chi connectivity index (χ2n) is 3.13. The first kappa shape index (κ1) is 4.77. The van der Waals surface area contributed by atoms with Gasteiger partial charge in [-0.05, 0) is 24.2 Å². The molecule has 8 heavy (non-hydrogen) atoms. The lowest BCUT2D eigenvalue weighted by molar-refractivity contribution is 0.266. The van der Waals surface area contributed by atoms with Gasteiger partial charge in [-0.1, -0.05) is 0 Å². The van der Waals surface area contributed by atoms with Crippen LogP contribution >= 0.6 is 0 Å². The van der Waals surface area contributed by atoms with E-state index in [1.807, 2.05) is 0 Å². The molecular weight excluding hydrogens is 102 g/mol. The van der Waals surface area contributed by atoms with E-state index in [1.54, 1.807) is 0 Å². The average Bonchev–Trinajstić information content (AvgIpc) is 2.55. The van der Waals surface area contributed by atoms with Gasteiger partial charge in [0.1, 0.15) is 0 Å². The highest BCUT2D eigenvalue weighted by molar-refractivity contribution is 5.21. The summed E-state index contributed by atoms with van der Waals surface area (Å²) in [5, 5.41) is 8.64. The molecule has 0 radical (unpaired) electrons. The van der Waals surface area contributed by atoms with Crippen molar-refractivity contribution in [3.8, 4) is 0 Å². The van der Waals surface area contributed by atoms with E-state index < -0.39 is 0 Å². The van der Waals surface area contributed by atoms with E-state index in [4.69, 9.17) is 10.8 Å². The molecule has 0 aromatic rings. The first-order valence-electron chi connectivity index (χ1n) is 3.16. The van der Waals surface area contributed by atoms with E-state index in [1.165, 1.54) is 6.42 Å². The van der Waals surface area contributed by atoms with Crippen LogP contribution in [0.5, 0.6) is 0 Å². The summed E-state index contributed by atoms with van der Waals surface area (Å²) in [7, 11) is 0. The number of hydrogen-bond acceptors (Lipinski definition) is 2. The van der Waals surface area contributed by atoms with Crippen molar-refractivity contribution < 1.29 is 5.11 Å². The van der Waals surface area contributed by atoms with Crippen molar-refractivity contribution in [1.82, 2.24) is 0 Å². The third kappa shape index (κ3) is 0.361. The van der Waals surface area contributed by atoms with Crippen LogP contribution in [0.25, 0.3) is 0 Å². The van der Waals surface area contributed by atoms with E-state index in [2.05, 4.69) is 0 Å². The maximum atomic E-state index is 8.64. The van der Waals surface area contributed by atoms with Crippen molar-refractivity contribution in [3.05, 3.63) is 0 Å². The topological polar surface area (TPSA) is 46.2 Å². The summed E-state index contributed by atoms with van der Waals surface area (Å²) in [5.74, 6) is 0.567. The van der Waals surface area contributed by atoms with Gasteiger partial charge in [0.05, 0.1) is 0 Å². The molecule has 0 aliphatic heterocycles. The molecule has 0 amide bonds. The zero-order valence-corrected chi connectivity index (χ0v) is 4.80. The van der Waals surface area contributed by atoms with Crippen LogP contribution in [0.1, 0.15) is 12.8 Å². The van der Waals surface area contributed by atoms with Gasteiger partial charge in [-0.25, -0.2) is 0 Å². The van der Waals surface area contributed by atoms with Crippen LogP contribution < -0.4 is 5.73 Å². The molecule has 0 saturated heterocycles. The largest absolute Gasteiger partial charge is 0.396 e. The third-order valence-corrected chi connectivity index (χ3v) is 2.68. The first-order valence-corrected chi connectivity index (χ1v) is 3.16. The maximum absolute atomic E-state index is 8.64. The second-order valence-corrected chi connectivity index (χ2v) is 3.13. The Labute approximate surface area is 48.7 Å². The quantitative estimate of drug-likeness (QED) is 0.491. The van der Waals surface area contributed by atoms with Gasteiger partial charge in [-0.15, -0.1) is 0 Å². The van der Waals surface area contributed by atoms with E-state index in [9.17, 15) is 0 Å². The fourth-order valence-corrected chi connectivity index (χ4v) is 1.70. The molecule has 2 fully saturated rings. The van der Waals surface area contributed by atoms with Crippen LogP contribution in [0.4, 0.5) is 0 Å². The fraction of sp³-hybridized carbons (Fsp3) is 1.00. The fourth-order valence-electron chi connectivity index (χ4n) is 1.70. The highest BCUT2D eigenvalue weighted by Crippen LogP contribution is 2.69. The molecule has 0 aromatic carbocycles. The highest BCUT2D eigenvalue weighted by atomic mass is 16.3. The summed E-state index contributed by atoms with van der Waals surface area (Å²) in [6, 6.07) is 0.430. The summed E-state index contributed by atoms with van der Waals surface area (Å²) < 4.78 is 0. The number of hydrogen-bond donors (Lipinski definition) is 2. The second kappa shape index (κ2) is 1.09. The monoisotopic (exact) mass is 113 g/mol. The van der Waals surface area contributed by atoms with E-state index in [0.29, 0.717) is 24.0 Å². The number of rotatable bonds is 1. The van der Waals surface area contributed by atoms with E-state index >= 15 is 0 Å². The molecule has 2 heteroatoms. The van der Waals surface area contributed by atoms with Crippen LogP contribution in [-0.4, -0.2) is 17.8 Å². The van der Waals surface area contributed by atoms with Crippen molar-refractivity contribution >= 4 is 0 Å². The lowest BCUT2D eigenvalue weighted by Crippen LogP contribution is -2.04. The molecule has 2 aliphatic carbocycles. The van der Waals surface area contributed by atoms with Crippen molar-refractivity contribution in [2.75, 3.05) is 6.61 Å². The molecular formula is C6H11NO. The van der Waals surface area contributed by atoms with Crippen LogP contribution in [0, 0.1) is 11.3 Å². The predicted molar refractivity (Wildman–Crippen MR) is 30.2 cm³/mol. The Morgan fingerprint density at radius 2 is 2.25 bits per heavy atom. The predicted octanol–water partition coefficient (Wildman–Crippen LogP) is -0.284. The van der Waals surface area contributed by atoms with Crippen LogP contribution in [0.3, 0.4) is 0 Å². The summed E-state index contributed by atoms with van der Waals surface area (Å²) >= 11 is 0. The maximum Gasteiger partial charge on any atom is 0.0465 e. The molecule has 2 nitrogen and oxygen atoms in total. The Morgan fingerprint density at radius 3 is 2.38 bits per heavy atom. The van der Waals surface area contributed by atoms with Gasteiger partial charge >= 0.3 is 0 Å². The van der Waals surface area contributed by atoms with Crippen molar-refractivity contribution in [2.45, 2.75) is 18.9 Å². The minimum absolute atomic E-state index is 0.355. The molecule has 2 saturated carbocycles. The van der Waals surface area contributed by atoms with E-state index in [-0.39, 0.29) is 0 Å². The zero-order valence-electron chi connectivity index (χ0n) is 4.80. The molecule has 0 aromatic heterocycles. The Bertz CT molecular complexity index is 126. The normalized spacial score (nSPS) is 59.2.